The lowest BCUT2D eigenvalue weighted by Gasteiger charge is -2.19. The molecular weight excluding hydrogens is 284 g/mol. The Kier molecular flexibility index (Phi) is 4.29. The predicted molar refractivity (Wildman–Crippen MR) is 79.6 cm³/mol. The topological polar surface area (TPSA) is 87.7 Å². The summed E-state index contributed by atoms with van der Waals surface area (Å²) in [5.74, 6) is -0.346. The third kappa shape index (κ3) is 3.57. The first-order valence-electron chi connectivity index (χ1n) is 7.61. The number of carbonyl (C=O) groups is 2. The van der Waals surface area contributed by atoms with E-state index in [1.54, 1.807) is 12.1 Å². The molecule has 1 saturated carbocycles. The lowest BCUT2D eigenvalue weighted by Crippen LogP contribution is -2.46. The molecule has 1 aliphatic carbocycles. The Morgan fingerprint density at radius 2 is 1.91 bits per heavy atom. The van der Waals surface area contributed by atoms with Gasteiger partial charge in [0.15, 0.2) is 0 Å². The van der Waals surface area contributed by atoms with Crippen LogP contribution in [0.15, 0.2) is 24.3 Å². The molecule has 0 aromatic heterocycles. The molecule has 3 rings (SSSR count). The van der Waals surface area contributed by atoms with Crippen molar-refractivity contribution in [3.63, 3.8) is 0 Å². The average Bonchev–Trinajstić information content (AvgIpc) is 3.26. The van der Waals surface area contributed by atoms with Gasteiger partial charge in [-0.2, -0.15) is 0 Å². The zero-order valence-corrected chi connectivity index (χ0v) is 12.2. The van der Waals surface area contributed by atoms with E-state index in [1.807, 2.05) is 0 Å². The van der Waals surface area contributed by atoms with E-state index < -0.39 is 5.97 Å². The van der Waals surface area contributed by atoms with Crippen molar-refractivity contribution in [2.45, 2.75) is 38.0 Å². The molecule has 1 heterocycles. The molecular formula is C16H20N2O4. The average molecular weight is 304 g/mol. The quantitative estimate of drug-likeness (QED) is 0.773. The molecule has 22 heavy (non-hydrogen) atoms. The summed E-state index contributed by atoms with van der Waals surface area (Å²) in [5, 5.41) is 14.6. The molecule has 2 amide bonds. The van der Waals surface area contributed by atoms with Gasteiger partial charge in [0.1, 0.15) is 0 Å². The molecule has 0 radical (unpaired) electrons. The van der Waals surface area contributed by atoms with Crippen molar-refractivity contribution in [3.05, 3.63) is 35.4 Å². The fourth-order valence-electron chi connectivity index (χ4n) is 2.82. The first kappa shape index (κ1) is 14.8. The number of aromatic carboxylic acids is 1. The summed E-state index contributed by atoms with van der Waals surface area (Å²) < 4.78 is 5.69. The lowest BCUT2D eigenvalue weighted by atomic mass is 10.1. The second-order valence-electron chi connectivity index (χ2n) is 5.90. The number of carboxylic acid groups (broad SMARTS) is 1. The van der Waals surface area contributed by atoms with E-state index in [4.69, 9.17) is 9.84 Å². The van der Waals surface area contributed by atoms with Gasteiger partial charge < -0.3 is 20.5 Å². The summed E-state index contributed by atoms with van der Waals surface area (Å²) in [5.41, 5.74) is 1.10. The van der Waals surface area contributed by atoms with Crippen LogP contribution in [0.2, 0.25) is 0 Å². The highest BCUT2D eigenvalue weighted by Gasteiger charge is 2.41. The van der Waals surface area contributed by atoms with Crippen molar-refractivity contribution < 1.29 is 19.4 Å². The van der Waals surface area contributed by atoms with Crippen LogP contribution in [0.1, 0.15) is 35.2 Å². The molecule has 2 aliphatic rings. The Bertz CT molecular complexity index is 554. The summed E-state index contributed by atoms with van der Waals surface area (Å²) in [7, 11) is 0. The Morgan fingerprint density at radius 1 is 1.18 bits per heavy atom. The van der Waals surface area contributed by atoms with Gasteiger partial charge in [-0.05, 0) is 42.9 Å². The van der Waals surface area contributed by atoms with Gasteiger partial charge in [0.2, 0.25) is 0 Å². The molecule has 6 heteroatoms. The molecule has 6 nitrogen and oxygen atoms in total. The van der Waals surface area contributed by atoms with Crippen molar-refractivity contribution >= 4 is 12.0 Å². The van der Waals surface area contributed by atoms with Gasteiger partial charge in [-0.15, -0.1) is 0 Å². The number of urea groups is 1. The maximum atomic E-state index is 12.0. The molecule has 2 fully saturated rings. The minimum Gasteiger partial charge on any atom is -0.478 e. The van der Waals surface area contributed by atoms with Gasteiger partial charge in [0, 0.05) is 13.2 Å². The van der Waals surface area contributed by atoms with Crippen LogP contribution in [0.5, 0.6) is 0 Å². The Balaban J connectivity index is 1.46. The summed E-state index contributed by atoms with van der Waals surface area (Å²) in [6.45, 7) is 1.08. The van der Waals surface area contributed by atoms with Gasteiger partial charge in [-0.1, -0.05) is 12.1 Å². The minimum absolute atomic E-state index is 0.0990. The molecule has 3 N–H and O–H groups in total. The second-order valence-corrected chi connectivity index (χ2v) is 5.90. The molecule has 2 unspecified atom stereocenters. The fraction of sp³-hybridized carbons (Fsp3) is 0.500. The van der Waals surface area contributed by atoms with Crippen molar-refractivity contribution in [1.82, 2.24) is 10.6 Å². The molecule has 1 aliphatic heterocycles. The zero-order chi connectivity index (χ0) is 15.5. The van der Waals surface area contributed by atoms with E-state index in [9.17, 15) is 9.59 Å². The molecule has 1 aromatic rings. The van der Waals surface area contributed by atoms with Crippen molar-refractivity contribution in [2.75, 3.05) is 6.61 Å². The lowest BCUT2D eigenvalue weighted by molar-refractivity contribution is 0.0697. The summed E-state index contributed by atoms with van der Waals surface area (Å²) in [6.07, 6.45) is 3.42. The zero-order valence-electron chi connectivity index (χ0n) is 12.2. The SMILES string of the molecule is O=C(NCc1ccc(C(=O)O)cc1)NC1CCOC1C1CC1. The normalized spacial score (nSPS) is 24.0. The third-order valence-corrected chi connectivity index (χ3v) is 4.19. The number of nitrogens with one attached hydrogen (secondary N) is 2. The number of carboxylic acids is 1. The number of amides is 2. The van der Waals surface area contributed by atoms with Crippen molar-refractivity contribution in [3.8, 4) is 0 Å². The smallest absolute Gasteiger partial charge is 0.335 e. The molecule has 0 spiro atoms. The van der Waals surface area contributed by atoms with Crippen LogP contribution in [0.25, 0.3) is 0 Å². The highest BCUT2D eigenvalue weighted by Crippen LogP contribution is 2.38. The summed E-state index contributed by atoms with van der Waals surface area (Å²) in [6, 6.07) is 6.37. The van der Waals surface area contributed by atoms with Crippen LogP contribution >= 0.6 is 0 Å². The number of benzene rings is 1. The van der Waals surface area contributed by atoms with E-state index in [1.165, 1.54) is 25.0 Å². The van der Waals surface area contributed by atoms with Crippen LogP contribution < -0.4 is 10.6 Å². The number of rotatable bonds is 5. The molecule has 1 aromatic carbocycles. The number of hydrogen-bond acceptors (Lipinski definition) is 3. The van der Waals surface area contributed by atoms with E-state index in [0.29, 0.717) is 19.1 Å². The van der Waals surface area contributed by atoms with Crippen LogP contribution in [-0.4, -0.2) is 35.9 Å². The number of ether oxygens (including phenoxy) is 1. The second kappa shape index (κ2) is 6.36. The molecule has 2 atom stereocenters. The Hall–Kier alpha value is -2.08. The first-order valence-corrected chi connectivity index (χ1v) is 7.61. The van der Waals surface area contributed by atoms with Crippen LogP contribution in [0.4, 0.5) is 4.79 Å². The first-order chi connectivity index (χ1) is 10.6. The maximum Gasteiger partial charge on any atom is 0.335 e. The summed E-state index contributed by atoms with van der Waals surface area (Å²) in [4.78, 5) is 22.7. The van der Waals surface area contributed by atoms with Gasteiger partial charge >= 0.3 is 12.0 Å². The largest absolute Gasteiger partial charge is 0.478 e. The van der Waals surface area contributed by atoms with Crippen LogP contribution in [0.3, 0.4) is 0 Å². The molecule has 0 bridgehead atoms. The van der Waals surface area contributed by atoms with E-state index in [0.717, 1.165) is 12.0 Å². The standard InChI is InChI=1S/C16H20N2O4/c19-15(20)12-3-1-10(2-4-12)9-17-16(21)18-13-7-8-22-14(13)11-5-6-11/h1-4,11,13-14H,5-9H2,(H,19,20)(H2,17,18,21). The molecule has 1 saturated heterocycles. The van der Waals surface area contributed by atoms with E-state index >= 15 is 0 Å². The third-order valence-electron chi connectivity index (χ3n) is 4.19. The Morgan fingerprint density at radius 3 is 2.55 bits per heavy atom. The van der Waals surface area contributed by atoms with Crippen LogP contribution in [-0.2, 0) is 11.3 Å². The highest BCUT2D eigenvalue weighted by atomic mass is 16.5. The van der Waals surface area contributed by atoms with Gasteiger partial charge in [0.05, 0.1) is 17.7 Å². The van der Waals surface area contributed by atoms with E-state index in [-0.39, 0.29) is 23.7 Å². The van der Waals surface area contributed by atoms with E-state index in [2.05, 4.69) is 10.6 Å². The van der Waals surface area contributed by atoms with Gasteiger partial charge in [0.25, 0.3) is 0 Å². The van der Waals surface area contributed by atoms with Gasteiger partial charge in [-0.25, -0.2) is 9.59 Å². The fourth-order valence-corrected chi connectivity index (χ4v) is 2.82. The van der Waals surface area contributed by atoms with Gasteiger partial charge in [-0.3, -0.25) is 0 Å². The molecule has 118 valence electrons. The maximum absolute atomic E-state index is 12.0. The minimum atomic E-state index is -0.954. The van der Waals surface area contributed by atoms with Crippen LogP contribution in [0, 0.1) is 5.92 Å². The van der Waals surface area contributed by atoms with Crippen molar-refractivity contribution in [1.29, 1.82) is 0 Å². The monoisotopic (exact) mass is 304 g/mol. The highest BCUT2D eigenvalue weighted by molar-refractivity contribution is 5.87. The Labute approximate surface area is 128 Å². The van der Waals surface area contributed by atoms with Crippen molar-refractivity contribution in [2.24, 2.45) is 5.92 Å². The predicted octanol–water partition coefficient (Wildman–Crippen LogP) is 1.75. The summed E-state index contributed by atoms with van der Waals surface area (Å²) >= 11 is 0. The number of carbonyl (C=O) groups excluding carboxylic acids is 1. The number of hydrogen-bond donors (Lipinski definition) is 3.